The highest BCUT2D eigenvalue weighted by atomic mass is 16.5. The van der Waals surface area contributed by atoms with Crippen LogP contribution in [0.5, 0.6) is 0 Å². The molecule has 0 saturated heterocycles. The maximum atomic E-state index is 11.0. The molecular weight excluding hydrogens is 200 g/mol. The predicted molar refractivity (Wildman–Crippen MR) is 54.7 cm³/mol. The Labute approximate surface area is 88.5 Å². The maximum absolute atomic E-state index is 11.0. The number of carbonyl (C=O) groups is 2. The Balaban J connectivity index is 4.10. The molecule has 0 radical (unpaired) electrons. The van der Waals surface area contributed by atoms with Crippen LogP contribution in [0.1, 0.15) is 0 Å². The Bertz CT molecular complexity index is 240. The van der Waals surface area contributed by atoms with E-state index >= 15 is 0 Å². The first-order valence-corrected chi connectivity index (χ1v) is 4.39. The van der Waals surface area contributed by atoms with Crippen LogP contribution in [0.15, 0.2) is 12.7 Å². The van der Waals surface area contributed by atoms with Crippen molar-refractivity contribution < 1.29 is 19.4 Å². The van der Waals surface area contributed by atoms with Gasteiger partial charge in [-0.2, -0.15) is 0 Å². The average Bonchev–Trinajstić information content (AvgIpc) is 2.12. The van der Waals surface area contributed by atoms with Crippen molar-refractivity contribution in [2.24, 2.45) is 0 Å². The van der Waals surface area contributed by atoms with E-state index in [-0.39, 0.29) is 13.2 Å². The number of carboxylic acids is 1. The van der Waals surface area contributed by atoms with E-state index in [0.717, 1.165) is 0 Å². The Morgan fingerprint density at radius 1 is 1.60 bits per heavy atom. The number of hydrogen-bond acceptors (Lipinski definition) is 4. The first-order valence-electron chi connectivity index (χ1n) is 4.39. The van der Waals surface area contributed by atoms with Gasteiger partial charge in [0.25, 0.3) is 0 Å². The number of carboxylic acid groups (broad SMARTS) is 1. The van der Waals surface area contributed by atoms with Crippen molar-refractivity contribution in [1.82, 2.24) is 10.2 Å². The first-order chi connectivity index (χ1) is 6.97. The van der Waals surface area contributed by atoms with Crippen LogP contribution in [0.2, 0.25) is 0 Å². The summed E-state index contributed by atoms with van der Waals surface area (Å²) >= 11 is 0. The van der Waals surface area contributed by atoms with Gasteiger partial charge in [0, 0.05) is 6.54 Å². The van der Waals surface area contributed by atoms with Gasteiger partial charge in [0.2, 0.25) is 0 Å². The Hall–Kier alpha value is -1.56. The molecular formula is C9H16N2O4. The topological polar surface area (TPSA) is 78.9 Å². The standard InChI is InChI=1S/C9H16N2O4/c1-4-5-15-9(14)10-7(8(12)13)6-11(2)3/h4,7H,1,5-6H2,2-3H3,(H,10,14)(H,12,13). The summed E-state index contributed by atoms with van der Waals surface area (Å²) in [7, 11) is 3.43. The number of aliphatic carboxylic acids is 1. The number of alkyl carbamates (subject to hydrolysis) is 1. The molecule has 1 unspecified atom stereocenters. The van der Waals surface area contributed by atoms with Gasteiger partial charge in [-0.25, -0.2) is 9.59 Å². The zero-order valence-electron chi connectivity index (χ0n) is 8.90. The van der Waals surface area contributed by atoms with Crippen LogP contribution in [-0.2, 0) is 9.53 Å². The minimum absolute atomic E-state index is 0.0557. The first kappa shape index (κ1) is 13.4. The largest absolute Gasteiger partial charge is 0.480 e. The molecule has 0 spiro atoms. The summed E-state index contributed by atoms with van der Waals surface area (Å²) in [6.07, 6.45) is 0.644. The maximum Gasteiger partial charge on any atom is 0.408 e. The second kappa shape index (κ2) is 6.83. The van der Waals surface area contributed by atoms with E-state index in [2.05, 4.69) is 16.6 Å². The summed E-state index contributed by atoms with van der Waals surface area (Å²) in [5, 5.41) is 11.0. The lowest BCUT2D eigenvalue weighted by Gasteiger charge is -2.18. The molecule has 0 aromatic rings. The van der Waals surface area contributed by atoms with Crippen molar-refractivity contribution in [3.63, 3.8) is 0 Å². The highest BCUT2D eigenvalue weighted by Crippen LogP contribution is 1.89. The summed E-state index contributed by atoms with van der Waals surface area (Å²) in [5.74, 6) is -1.10. The third-order valence-corrected chi connectivity index (χ3v) is 1.47. The fourth-order valence-electron chi connectivity index (χ4n) is 0.869. The minimum Gasteiger partial charge on any atom is -0.480 e. The second-order valence-corrected chi connectivity index (χ2v) is 3.18. The molecule has 0 aromatic heterocycles. The van der Waals surface area contributed by atoms with Crippen molar-refractivity contribution >= 4 is 12.1 Å². The Morgan fingerprint density at radius 2 is 2.20 bits per heavy atom. The molecule has 2 N–H and O–H groups in total. The number of likely N-dealkylation sites (N-methyl/N-ethyl adjacent to an activating group) is 1. The molecule has 0 aliphatic carbocycles. The molecule has 1 atom stereocenters. The average molecular weight is 216 g/mol. The van der Waals surface area contributed by atoms with Crippen LogP contribution in [0.3, 0.4) is 0 Å². The fourth-order valence-corrected chi connectivity index (χ4v) is 0.869. The second-order valence-electron chi connectivity index (χ2n) is 3.18. The van der Waals surface area contributed by atoms with E-state index < -0.39 is 18.1 Å². The molecule has 6 nitrogen and oxygen atoms in total. The van der Waals surface area contributed by atoms with Crippen LogP contribution >= 0.6 is 0 Å². The molecule has 0 rings (SSSR count). The van der Waals surface area contributed by atoms with Gasteiger partial charge >= 0.3 is 12.1 Å². The zero-order chi connectivity index (χ0) is 11.8. The molecule has 1 amide bonds. The van der Waals surface area contributed by atoms with E-state index in [1.807, 2.05) is 0 Å². The molecule has 6 heteroatoms. The lowest BCUT2D eigenvalue weighted by Crippen LogP contribution is -2.47. The highest BCUT2D eigenvalue weighted by Gasteiger charge is 2.20. The van der Waals surface area contributed by atoms with Crippen LogP contribution in [-0.4, -0.2) is 55.4 Å². The SMILES string of the molecule is C=CCOC(=O)NC(CN(C)C)C(=O)O. The van der Waals surface area contributed by atoms with Crippen molar-refractivity contribution in [3.05, 3.63) is 12.7 Å². The molecule has 0 aliphatic rings. The summed E-state index contributed by atoms with van der Waals surface area (Å²) in [5.41, 5.74) is 0. The number of nitrogens with zero attached hydrogens (tertiary/aromatic N) is 1. The van der Waals surface area contributed by atoms with Gasteiger partial charge in [0.1, 0.15) is 12.6 Å². The van der Waals surface area contributed by atoms with E-state index in [1.165, 1.54) is 6.08 Å². The fraction of sp³-hybridized carbons (Fsp3) is 0.556. The van der Waals surface area contributed by atoms with Crippen molar-refractivity contribution in [2.45, 2.75) is 6.04 Å². The molecule has 0 aromatic carbocycles. The van der Waals surface area contributed by atoms with E-state index in [9.17, 15) is 9.59 Å². The van der Waals surface area contributed by atoms with Crippen LogP contribution in [0.25, 0.3) is 0 Å². The van der Waals surface area contributed by atoms with Gasteiger partial charge in [0.05, 0.1) is 0 Å². The number of rotatable bonds is 6. The van der Waals surface area contributed by atoms with Crippen LogP contribution < -0.4 is 5.32 Å². The third-order valence-electron chi connectivity index (χ3n) is 1.47. The summed E-state index contributed by atoms with van der Waals surface area (Å²) in [4.78, 5) is 23.4. The lowest BCUT2D eigenvalue weighted by atomic mass is 10.3. The van der Waals surface area contributed by atoms with Gasteiger partial charge < -0.3 is 20.1 Å². The monoisotopic (exact) mass is 216 g/mol. The summed E-state index contributed by atoms with van der Waals surface area (Å²) in [6.45, 7) is 3.63. The summed E-state index contributed by atoms with van der Waals surface area (Å²) < 4.78 is 4.60. The van der Waals surface area contributed by atoms with E-state index in [4.69, 9.17) is 5.11 Å². The molecule has 15 heavy (non-hydrogen) atoms. The molecule has 0 aliphatic heterocycles. The predicted octanol–water partition coefficient (Wildman–Crippen LogP) is -0.0866. The molecule has 0 bridgehead atoms. The number of hydrogen-bond donors (Lipinski definition) is 2. The lowest BCUT2D eigenvalue weighted by molar-refractivity contribution is -0.139. The number of amides is 1. The molecule has 0 fully saturated rings. The zero-order valence-corrected chi connectivity index (χ0v) is 8.90. The van der Waals surface area contributed by atoms with Crippen molar-refractivity contribution in [3.8, 4) is 0 Å². The minimum atomic E-state index is -1.10. The molecule has 0 heterocycles. The number of carbonyl (C=O) groups excluding carboxylic acids is 1. The van der Waals surface area contributed by atoms with Crippen LogP contribution in [0.4, 0.5) is 4.79 Å². The van der Waals surface area contributed by atoms with Gasteiger partial charge in [0.15, 0.2) is 0 Å². The van der Waals surface area contributed by atoms with Gasteiger partial charge in [-0.05, 0) is 14.1 Å². The quantitative estimate of drug-likeness (QED) is 0.607. The van der Waals surface area contributed by atoms with E-state index in [1.54, 1.807) is 19.0 Å². The Morgan fingerprint density at radius 3 is 2.60 bits per heavy atom. The van der Waals surface area contributed by atoms with E-state index in [0.29, 0.717) is 0 Å². The Kier molecular flexibility index (Phi) is 6.12. The number of ether oxygens (including phenoxy) is 1. The summed E-state index contributed by atoms with van der Waals surface area (Å²) in [6, 6.07) is -0.975. The third kappa shape index (κ3) is 6.50. The van der Waals surface area contributed by atoms with Crippen molar-refractivity contribution in [1.29, 1.82) is 0 Å². The smallest absolute Gasteiger partial charge is 0.408 e. The van der Waals surface area contributed by atoms with Gasteiger partial charge in [-0.3, -0.25) is 0 Å². The van der Waals surface area contributed by atoms with Crippen molar-refractivity contribution in [2.75, 3.05) is 27.2 Å². The van der Waals surface area contributed by atoms with Gasteiger partial charge in [-0.15, -0.1) is 0 Å². The normalized spacial score (nSPS) is 11.9. The highest BCUT2D eigenvalue weighted by molar-refractivity contribution is 5.80. The van der Waals surface area contributed by atoms with Crippen LogP contribution in [0, 0.1) is 0 Å². The molecule has 86 valence electrons. The van der Waals surface area contributed by atoms with Gasteiger partial charge in [-0.1, -0.05) is 12.7 Å². The number of nitrogens with one attached hydrogen (secondary N) is 1. The molecule has 0 saturated carbocycles.